The molecule has 1 aliphatic heterocycles. The summed E-state index contributed by atoms with van der Waals surface area (Å²) in [5.41, 5.74) is 0.119. The van der Waals surface area contributed by atoms with Crippen LogP contribution >= 0.6 is 0 Å². The summed E-state index contributed by atoms with van der Waals surface area (Å²) in [7, 11) is -0.512. The predicted octanol–water partition coefficient (Wildman–Crippen LogP) is 1.64. The molecular weight excluding hydrogens is 354 g/mol. The first-order valence-electron chi connectivity index (χ1n) is 8.60. The molecule has 1 aliphatic rings. The Labute approximate surface area is 153 Å². The van der Waals surface area contributed by atoms with E-state index in [0.29, 0.717) is 29.8 Å². The predicted molar refractivity (Wildman–Crippen MR) is 98.5 cm³/mol. The molecule has 0 saturated carbocycles. The average molecular weight is 377 g/mol. The standard InChI is InChI=1S/C18H23N3O4S/c1-19-11-13-5-4-10-21(12-13)26(23,24)16-7-3-6-15-14(16)8-9-20-17(15)18(22)25-2/h3,6-9,13,19H,4-5,10-12H2,1-2H3. The van der Waals surface area contributed by atoms with Crippen LogP contribution in [0.3, 0.4) is 0 Å². The van der Waals surface area contributed by atoms with Gasteiger partial charge in [0.1, 0.15) is 0 Å². The summed E-state index contributed by atoms with van der Waals surface area (Å²) in [5, 5.41) is 4.09. The summed E-state index contributed by atoms with van der Waals surface area (Å²) in [4.78, 5) is 16.2. The number of fused-ring (bicyclic) bond motifs is 1. The Morgan fingerprint density at radius 1 is 1.35 bits per heavy atom. The number of piperidine rings is 1. The highest BCUT2D eigenvalue weighted by Crippen LogP contribution is 2.29. The highest BCUT2D eigenvalue weighted by Gasteiger charge is 2.31. The summed E-state index contributed by atoms with van der Waals surface area (Å²) < 4.78 is 32.8. The van der Waals surface area contributed by atoms with Crippen LogP contribution in [0.4, 0.5) is 0 Å². The second kappa shape index (κ2) is 7.69. The maximum absolute atomic E-state index is 13.3. The number of carbonyl (C=O) groups excluding carboxylic acids is 1. The van der Waals surface area contributed by atoms with E-state index in [0.717, 1.165) is 19.4 Å². The number of benzene rings is 1. The van der Waals surface area contributed by atoms with Crippen molar-refractivity contribution in [1.29, 1.82) is 0 Å². The molecule has 26 heavy (non-hydrogen) atoms. The smallest absolute Gasteiger partial charge is 0.357 e. The van der Waals surface area contributed by atoms with Crippen LogP contribution in [0.25, 0.3) is 10.8 Å². The molecule has 1 N–H and O–H groups in total. The van der Waals surface area contributed by atoms with Gasteiger partial charge in [-0.3, -0.25) is 0 Å². The van der Waals surface area contributed by atoms with E-state index in [4.69, 9.17) is 4.74 Å². The van der Waals surface area contributed by atoms with Gasteiger partial charge in [-0.05, 0) is 44.5 Å². The third-order valence-electron chi connectivity index (χ3n) is 4.74. The third-order valence-corrected chi connectivity index (χ3v) is 6.66. The van der Waals surface area contributed by atoms with Crippen LogP contribution in [0.15, 0.2) is 35.4 Å². The molecule has 0 aliphatic carbocycles. The summed E-state index contributed by atoms with van der Waals surface area (Å²) in [6, 6.07) is 6.54. The van der Waals surface area contributed by atoms with E-state index in [-0.39, 0.29) is 10.6 Å². The van der Waals surface area contributed by atoms with Crippen LogP contribution in [0, 0.1) is 5.92 Å². The van der Waals surface area contributed by atoms with Gasteiger partial charge in [0, 0.05) is 30.1 Å². The summed E-state index contributed by atoms with van der Waals surface area (Å²) in [6.07, 6.45) is 3.29. The molecule has 7 nitrogen and oxygen atoms in total. The van der Waals surface area contributed by atoms with Crippen molar-refractivity contribution in [1.82, 2.24) is 14.6 Å². The summed E-state index contributed by atoms with van der Waals surface area (Å²) in [5.74, 6) is -0.289. The van der Waals surface area contributed by atoms with Crippen molar-refractivity contribution in [2.24, 2.45) is 5.92 Å². The fourth-order valence-corrected chi connectivity index (χ4v) is 5.26. The molecule has 2 aromatic rings. The second-order valence-corrected chi connectivity index (χ2v) is 8.34. The first-order valence-corrected chi connectivity index (χ1v) is 10.0. The SMILES string of the molecule is CNCC1CCCN(S(=O)(=O)c2cccc3c(C(=O)OC)nccc23)C1. The monoisotopic (exact) mass is 377 g/mol. The number of hydrogen-bond donors (Lipinski definition) is 1. The Kier molecular flexibility index (Phi) is 5.55. The van der Waals surface area contributed by atoms with Crippen molar-refractivity contribution in [3.05, 3.63) is 36.2 Å². The quantitative estimate of drug-likeness (QED) is 0.797. The fourth-order valence-electron chi connectivity index (χ4n) is 3.50. The maximum atomic E-state index is 13.3. The van der Waals surface area contributed by atoms with Crippen LogP contribution in [-0.4, -0.2) is 57.5 Å². The Hall–Kier alpha value is -2.03. The molecule has 0 bridgehead atoms. The summed E-state index contributed by atoms with van der Waals surface area (Å²) >= 11 is 0. The largest absolute Gasteiger partial charge is 0.464 e. The molecule has 1 atom stereocenters. The molecule has 3 rings (SSSR count). The Bertz CT molecular complexity index is 912. The van der Waals surface area contributed by atoms with Crippen LogP contribution in [0.5, 0.6) is 0 Å². The molecule has 1 unspecified atom stereocenters. The number of hydrogen-bond acceptors (Lipinski definition) is 6. The van der Waals surface area contributed by atoms with Gasteiger partial charge in [-0.25, -0.2) is 18.2 Å². The molecule has 0 amide bonds. The topological polar surface area (TPSA) is 88.6 Å². The van der Waals surface area contributed by atoms with E-state index in [2.05, 4.69) is 10.3 Å². The molecule has 1 saturated heterocycles. The highest BCUT2D eigenvalue weighted by atomic mass is 32.2. The average Bonchev–Trinajstić information content (AvgIpc) is 2.67. The van der Waals surface area contributed by atoms with E-state index in [9.17, 15) is 13.2 Å². The van der Waals surface area contributed by atoms with Gasteiger partial charge in [0.15, 0.2) is 5.69 Å². The summed E-state index contributed by atoms with van der Waals surface area (Å²) in [6.45, 7) is 1.79. The third kappa shape index (κ3) is 3.44. The number of methoxy groups -OCH3 is 1. The first kappa shape index (κ1) is 18.8. The van der Waals surface area contributed by atoms with E-state index < -0.39 is 16.0 Å². The Morgan fingerprint density at radius 2 is 2.15 bits per heavy atom. The van der Waals surface area contributed by atoms with Gasteiger partial charge in [0.25, 0.3) is 0 Å². The van der Waals surface area contributed by atoms with Gasteiger partial charge in [-0.1, -0.05) is 12.1 Å². The lowest BCUT2D eigenvalue weighted by Crippen LogP contribution is -2.42. The number of pyridine rings is 1. The number of sulfonamides is 1. The highest BCUT2D eigenvalue weighted by molar-refractivity contribution is 7.89. The van der Waals surface area contributed by atoms with E-state index in [1.165, 1.54) is 13.3 Å². The lowest BCUT2D eigenvalue weighted by molar-refractivity contribution is 0.0596. The maximum Gasteiger partial charge on any atom is 0.357 e. The molecule has 8 heteroatoms. The molecular formula is C18H23N3O4S. The van der Waals surface area contributed by atoms with Crippen LogP contribution < -0.4 is 5.32 Å². The van der Waals surface area contributed by atoms with E-state index >= 15 is 0 Å². The van der Waals surface area contributed by atoms with Crippen LogP contribution in [0.1, 0.15) is 23.3 Å². The van der Waals surface area contributed by atoms with Gasteiger partial charge in [-0.2, -0.15) is 4.31 Å². The van der Waals surface area contributed by atoms with Crippen molar-refractivity contribution in [2.45, 2.75) is 17.7 Å². The molecule has 1 aromatic carbocycles. The number of aromatic nitrogens is 1. The lowest BCUT2D eigenvalue weighted by atomic mass is 10.00. The molecule has 140 valence electrons. The molecule has 1 fully saturated rings. The minimum Gasteiger partial charge on any atom is -0.464 e. The van der Waals surface area contributed by atoms with Crippen molar-refractivity contribution in [3.63, 3.8) is 0 Å². The van der Waals surface area contributed by atoms with Crippen LogP contribution in [0.2, 0.25) is 0 Å². The number of rotatable bonds is 5. The normalized spacial score (nSPS) is 18.8. The van der Waals surface area contributed by atoms with Crippen molar-refractivity contribution in [2.75, 3.05) is 33.8 Å². The Balaban J connectivity index is 2.05. The zero-order chi connectivity index (χ0) is 18.7. The number of nitrogens with one attached hydrogen (secondary N) is 1. The molecule has 1 aromatic heterocycles. The van der Waals surface area contributed by atoms with Crippen molar-refractivity contribution < 1.29 is 17.9 Å². The minimum atomic E-state index is -3.66. The zero-order valence-corrected chi connectivity index (χ0v) is 15.8. The first-order chi connectivity index (χ1) is 12.5. The Morgan fingerprint density at radius 3 is 2.88 bits per heavy atom. The number of nitrogens with zero attached hydrogens (tertiary/aromatic N) is 2. The molecule has 0 radical (unpaired) electrons. The van der Waals surface area contributed by atoms with E-state index in [1.54, 1.807) is 28.6 Å². The van der Waals surface area contributed by atoms with Gasteiger partial charge >= 0.3 is 5.97 Å². The number of carbonyl (C=O) groups is 1. The van der Waals surface area contributed by atoms with E-state index in [1.807, 2.05) is 7.05 Å². The van der Waals surface area contributed by atoms with Gasteiger partial charge in [0.2, 0.25) is 10.0 Å². The number of ether oxygens (including phenoxy) is 1. The zero-order valence-electron chi connectivity index (χ0n) is 14.9. The second-order valence-electron chi connectivity index (χ2n) is 6.43. The lowest BCUT2D eigenvalue weighted by Gasteiger charge is -2.32. The molecule has 2 heterocycles. The van der Waals surface area contributed by atoms with Gasteiger partial charge < -0.3 is 10.1 Å². The van der Waals surface area contributed by atoms with Crippen molar-refractivity contribution >= 4 is 26.8 Å². The minimum absolute atomic E-state index is 0.119. The van der Waals surface area contributed by atoms with Gasteiger partial charge in [-0.15, -0.1) is 0 Å². The number of esters is 1. The molecule has 0 spiro atoms. The van der Waals surface area contributed by atoms with Gasteiger partial charge in [0.05, 0.1) is 12.0 Å². The van der Waals surface area contributed by atoms with Crippen LogP contribution in [-0.2, 0) is 14.8 Å². The van der Waals surface area contributed by atoms with Crippen molar-refractivity contribution in [3.8, 4) is 0 Å². The fraction of sp³-hybridized carbons (Fsp3) is 0.444.